The van der Waals surface area contributed by atoms with Crippen molar-refractivity contribution < 1.29 is 0 Å². The van der Waals surface area contributed by atoms with Gasteiger partial charge in [-0.25, -0.2) is 0 Å². The van der Waals surface area contributed by atoms with Crippen molar-refractivity contribution in [2.45, 2.75) is 83.0 Å². The maximum Gasteiger partial charge on any atom is 0.0253 e. The van der Waals surface area contributed by atoms with E-state index >= 15 is 0 Å². The van der Waals surface area contributed by atoms with Crippen LogP contribution in [-0.2, 0) is 0 Å². The third-order valence-corrected chi connectivity index (χ3v) is 6.09. The quantitative estimate of drug-likeness (QED) is 0.861. The Kier molecular flexibility index (Phi) is 4.68. The minimum Gasteiger partial charge on any atom is -0.326 e. The Morgan fingerprint density at radius 2 is 2.00 bits per heavy atom. The first kappa shape index (κ1) is 14.8. The second-order valence-corrected chi connectivity index (χ2v) is 7.54. The number of rotatable bonds is 3. The van der Waals surface area contributed by atoms with E-state index in [9.17, 15) is 0 Å². The summed E-state index contributed by atoms with van der Waals surface area (Å²) >= 11 is 0. The van der Waals surface area contributed by atoms with E-state index in [2.05, 4.69) is 23.6 Å². The van der Waals surface area contributed by atoms with Crippen LogP contribution in [0.15, 0.2) is 0 Å². The molecule has 0 amide bonds. The number of fused-ring (bicyclic) bond motifs is 1. The zero-order valence-corrected chi connectivity index (χ0v) is 13.4. The normalized spacial score (nSPS) is 43.6. The summed E-state index contributed by atoms with van der Waals surface area (Å²) in [6, 6.07) is 2.59. The van der Waals surface area contributed by atoms with Crippen LogP contribution in [0.25, 0.3) is 0 Å². The second kappa shape index (κ2) is 6.33. The van der Waals surface area contributed by atoms with E-state index in [1.54, 1.807) is 0 Å². The van der Waals surface area contributed by atoms with Crippen molar-refractivity contribution in [3.63, 3.8) is 0 Å². The summed E-state index contributed by atoms with van der Waals surface area (Å²) < 4.78 is 0. The molecular weight excluding hydrogens is 246 g/mol. The molecule has 2 heterocycles. The van der Waals surface area contributed by atoms with Crippen molar-refractivity contribution in [2.24, 2.45) is 11.7 Å². The third kappa shape index (κ3) is 2.90. The molecule has 3 rings (SSSR count). The molecule has 0 spiro atoms. The molecule has 3 aliphatic rings. The zero-order valence-electron chi connectivity index (χ0n) is 13.4. The molecule has 0 bridgehead atoms. The molecule has 0 aromatic rings. The molecule has 0 radical (unpaired) electrons. The van der Waals surface area contributed by atoms with Crippen molar-refractivity contribution >= 4 is 0 Å². The Balaban J connectivity index is 1.66. The predicted octanol–water partition coefficient (Wildman–Crippen LogP) is 2.45. The minimum atomic E-state index is 0.415. The van der Waals surface area contributed by atoms with Gasteiger partial charge in [0, 0.05) is 37.3 Å². The SMILES string of the molecule is CCCC1CCC(N)C(N2CC3CCCN3CC2C)C1. The lowest BCUT2D eigenvalue weighted by molar-refractivity contribution is 0.000231. The number of nitrogens with two attached hydrogens (primary N) is 1. The molecule has 2 N–H and O–H groups in total. The summed E-state index contributed by atoms with van der Waals surface area (Å²) in [7, 11) is 0. The molecule has 2 aliphatic heterocycles. The maximum absolute atomic E-state index is 6.51. The topological polar surface area (TPSA) is 32.5 Å². The average molecular weight is 279 g/mol. The van der Waals surface area contributed by atoms with Gasteiger partial charge in [0.15, 0.2) is 0 Å². The Labute approximate surface area is 124 Å². The first-order valence-corrected chi connectivity index (χ1v) is 8.94. The van der Waals surface area contributed by atoms with Crippen molar-refractivity contribution in [1.82, 2.24) is 9.80 Å². The summed E-state index contributed by atoms with van der Waals surface area (Å²) in [6.45, 7) is 8.62. The van der Waals surface area contributed by atoms with Gasteiger partial charge in [-0.3, -0.25) is 9.80 Å². The van der Waals surface area contributed by atoms with Gasteiger partial charge in [0.05, 0.1) is 0 Å². The minimum absolute atomic E-state index is 0.415. The van der Waals surface area contributed by atoms with Crippen molar-refractivity contribution in [1.29, 1.82) is 0 Å². The van der Waals surface area contributed by atoms with Gasteiger partial charge in [-0.15, -0.1) is 0 Å². The van der Waals surface area contributed by atoms with Gasteiger partial charge in [-0.1, -0.05) is 19.8 Å². The molecule has 5 unspecified atom stereocenters. The van der Waals surface area contributed by atoms with Gasteiger partial charge in [0.25, 0.3) is 0 Å². The van der Waals surface area contributed by atoms with E-state index in [0.29, 0.717) is 18.1 Å². The van der Waals surface area contributed by atoms with Crippen LogP contribution in [0.3, 0.4) is 0 Å². The lowest BCUT2D eigenvalue weighted by Gasteiger charge is -2.50. The van der Waals surface area contributed by atoms with Crippen LogP contribution >= 0.6 is 0 Å². The Bertz CT molecular complexity index is 319. The highest BCUT2D eigenvalue weighted by molar-refractivity contribution is 4.97. The van der Waals surface area contributed by atoms with E-state index in [4.69, 9.17) is 5.73 Å². The molecule has 3 nitrogen and oxygen atoms in total. The smallest absolute Gasteiger partial charge is 0.0253 e. The lowest BCUT2D eigenvalue weighted by atomic mass is 9.79. The van der Waals surface area contributed by atoms with Crippen LogP contribution in [0.2, 0.25) is 0 Å². The van der Waals surface area contributed by atoms with Gasteiger partial charge in [-0.2, -0.15) is 0 Å². The molecule has 0 aromatic heterocycles. The van der Waals surface area contributed by atoms with Gasteiger partial charge in [0.1, 0.15) is 0 Å². The Morgan fingerprint density at radius 1 is 1.15 bits per heavy atom. The fourth-order valence-corrected chi connectivity index (χ4v) is 4.98. The van der Waals surface area contributed by atoms with Crippen LogP contribution in [0.4, 0.5) is 0 Å². The molecule has 2 saturated heterocycles. The molecule has 3 fully saturated rings. The Hall–Kier alpha value is -0.120. The molecule has 1 saturated carbocycles. The number of piperazine rings is 1. The molecule has 20 heavy (non-hydrogen) atoms. The highest BCUT2D eigenvalue weighted by Crippen LogP contribution is 2.34. The summed E-state index contributed by atoms with van der Waals surface area (Å²) in [5.41, 5.74) is 6.51. The van der Waals surface area contributed by atoms with Crippen LogP contribution < -0.4 is 5.73 Å². The fourth-order valence-electron chi connectivity index (χ4n) is 4.98. The summed E-state index contributed by atoms with van der Waals surface area (Å²) in [6.07, 6.45) is 9.51. The fraction of sp³-hybridized carbons (Fsp3) is 1.00. The Morgan fingerprint density at radius 3 is 2.80 bits per heavy atom. The average Bonchev–Trinajstić information content (AvgIpc) is 2.87. The summed E-state index contributed by atoms with van der Waals surface area (Å²) in [4.78, 5) is 5.51. The molecule has 3 heteroatoms. The number of nitrogens with zero attached hydrogens (tertiary/aromatic N) is 2. The standard InChI is InChI=1S/C17H33N3/c1-3-5-14-7-8-16(18)17(10-14)20-12-15-6-4-9-19(15)11-13(20)2/h13-17H,3-12,18H2,1-2H3. The van der Waals surface area contributed by atoms with E-state index in [0.717, 1.165) is 12.0 Å². The molecule has 1 aliphatic carbocycles. The maximum atomic E-state index is 6.51. The largest absolute Gasteiger partial charge is 0.326 e. The molecular formula is C17H33N3. The number of hydrogen-bond donors (Lipinski definition) is 1. The van der Waals surface area contributed by atoms with Gasteiger partial charge in [0.2, 0.25) is 0 Å². The summed E-state index contributed by atoms with van der Waals surface area (Å²) in [5, 5.41) is 0. The lowest BCUT2D eigenvalue weighted by Crippen LogP contribution is -2.62. The van der Waals surface area contributed by atoms with E-state index in [-0.39, 0.29) is 0 Å². The van der Waals surface area contributed by atoms with Gasteiger partial charge < -0.3 is 5.73 Å². The summed E-state index contributed by atoms with van der Waals surface area (Å²) in [5.74, 6) is 0.929. The van der Waals surface area contributed by atoms with Crippen molar-refractivity contribution in [3.8, 4) is 0 Å². The highest BCUT2D eigenvalue weighted by Gasteiger charge is 2.40. The zero-order chi connectivity index (χ0) is 14.1. The van der Waals surface area contributed by atoms with Gasteiger partial charge >= 0.3 is 0 Å². The predicted molar refractivity (Wildman–Crippen MR) is 84.8 cm³/mol. The van der Waals surface area contributed by atoms with Crippen LogP contribution in [0.5, 0.6) is 0 Å². The van der Waals surface area contributed by atoms with E-state index in [1.807, 2.05) is 0 Å². The number of hydrogen-bond acceptors (Lipinski definition) is 3. The van der Waals surface area contributed by atoms with Crippen molar-refractivity contribution in [3.05, 3.63) is 0 Å². The van der Waals surface area contributed by atoms with Crippen LogP contribution in [0.1, 0.15) is 58.8 Å². The van der Waals surface area contributed by atoms with Gasteiger partial charge in [-0.05, 0) is 51.5 Å². The monoisotopic (exact) mass is 279 g/mol. The first-order chi connectivity index (χ1) is 9.69. The highest BCUT2D eigenvalue weighted by atomic mass is 15.3. The third-order valence-electron chi connectivity index (χ3n) is 6.09. The molecule has 116 valence electrons. The first-order valence-electron chi connectivity index (χ1n) is 8.94. The van der Waals surface area contributed by atoms with Crippen LogP contribution in [-0.4, -0.2) is 53.6 Å². The van der Waals surface area contributed by atoms with Crippen molar-refractivity contribution in [2.75, 3.05) is 19.6 Å². The van der Waals surface area contributed by atoms with E-state index < -0.39 is 0 Å². The van der Waals surface area contributed by atoms with Crippen LogP contribution in [0, 0.1) is 5.92 Å². The molecule has 0 aromatic carbocycles. The van der Waals surface area contributed by atoms with E-state index in [1.165, 1.54) is 64.6 Å². The molecule has 5 atom stereocenters. The second-order valence-electron chi connectivity index (χ2n) is 7.54.